The van der Waals surface area contributed by atoms with Gasteiger partial charge in [0.1, 0.15) is 6.33 Å². The van der Waals surface area contributed by atoms with Gasteiger partial charge in [-0.15, -0.1) is 11.6 Å². The third-order valence-electron chi connectivity index (χ3n) is 2.78. The van der Waals surface area contributed by atoms with Gasteiger partial charge in [0.25, 0.3) is 0 Å². The molecule has 2 rings (SSSR count). The molecule has 1 aliphatic rings. The lowest BCUT2D eigenvalue weighted by molar-refractivity contribution is 0.533. The second kappa shape index (κ2) is 4.35. The molecule has 0 saturated carbocycles. The summed E-state index contributed by atoms with van der Waals surface area (Å²) >= 11 is 6.18. The van der Waals surface area contributed by atoms with E-state index in [1.54, 1.807) is 6.33 Å². The first-order valence-electron chi connectivity index (χ1n) is 5.43. The molecule has 1 aromatic heterocycles. The fourth-order valence-electron chi connectivity index (χ4n) is 2.11. The minimum atomic E-state index is 0.144. The molecule has 15 heavy (non-hydrogen) atoms. The maximum Gasteiger partial charge on any atom is 0.153 e. The van der Waals surface area contributed by atoms with E-state index in [9.17, 15) is 0 Å². The number of aryl methyl sites for hydroxylation is 1. The smallest absolute Gasteiger partial charge is 0.153 e. The first kappa shape index (κ1) is 10.7. The lowest BCUT2D eigenvalue weighted by atomic mass is 9.89. The van der Waals surface area contributed by atoms with Crippen LogP contribution >= 0.6 is 11.6 Å². The Morgan fingerprint density at radius 2 is 2.40 bits per heavy atom. The fraction of sp³-hybridized carbons (Fsp3) is 0.636. The van der Waals surface area contributed by atoms with E-state index in [1.807, 2.05) is 4.68 Å². The van der Waals surface area contributed by atoms with Crippen LogP contribution in [0.3, 0.4) is 0 Å². The van der Waals surface area contributed by atoms with E-state index in [2.05, 4.69) is 30.0 Å². The molecule has 0 aliphatic heterocycles. The molecule has 0 saturated heterocycles. The Kier molecular flexibility index (Phi) is 3.10. The maximum atomic E-state index is 6.18. The van der Waals surface area contributed by atoms with Crippen LogP contribution in [-0.2, 0) is 6.54 Å². The molecule has 2 atom stereocenters. The molecule has 82 valence electrons. The summed E-state index contributed by atoms with van der Waals surface area (Å²) in [5.41, 5.74) is 1.24. The van der Waals surface area contributed by atoms with Crippen molar-refractivity contribution < 1.29 is 0 Å². The van der Waals surface area contributed by atoms with Gasteiger partial charge in [-0.25, -0.2) is 9.67 Å². The molecular weight excluding hydrogens is 210 g/mol. The van der Waals surface area contributed by atoms with Gasteiger partial charge in [0.05, 0.1) is 5.38 Å². The van der Waals surface area contributed by atoms with E-state index in [0.717, 1.165) is 25.2 Å². The monoisotopic (exact) mass is 225 g/mol. The number of rotatable bonds is 2. The van der Waals surface area contributed by atoms with Crippen LogP contribution in [-0.4, -0.2) is 20.1 Å². The SMILES string of the molecule is CCn1ncnc1C1=CC(Cl)CC(C)C1. The van der Waals surface area contributed by atoms with Crippen LogP contribution < -0.4 is 0 Å². The Morgan fingerprint density at radius 3 is 3.07 bits per heavy atom. The van der Waals surface area contributed by atoms with Crippen molar-refractivity contribution in [3.8, 4) is 0 Å². The van der Waals surface area contributed by atoms with Gasteiger partial charge in [-0.1, -0.05) is 13.0 Å². The van der Waals surface area contributed by atoms with E-state index in [0.29, 0.717) is 5.92 Å². The number of halogens is 1. The molecule has 0 amide bonds. The Balaban J connectivity index is 2.30. The van der Waals surface area contributed by atoms with Crippen LogP contribution in [0.1, 0.15) is 32.5 Å². The molecule has 1 heterocycles. The summed E-state index contributed by atoms with van der Waals surface area (Å²) in [6.07, 6.45) is 5.85. The van der Waals surface area contributed by atoms with Gasteiger partial charge in [-0.2, -0.15) is 5.10 Å². The second-order valence-corrected chi connectivity index (χ2v) is 4.71. The molecule has 1 aromatic rings. The van der Waals surface area contributed by atoms with Gasteiger partial charge in [0.2, 0.25) is 0 Å². The average Bonchev–Trinajstić information content (AvgIpc) is 2.63. The summed E-state index contributed by atoms with van der Waals surface area (Å²) in [6, 6.07) is 0. The van der Waals surface area contributed by atoms with Gasteiger partial charge >= 0.3 is 0 Å². The average molecular weight is 226 g/mol. The minimum absolute atomic E-state index is 0.144. The maximum absolute atomic E-state index is 6.18. The molecule has 0 radical (unpaired) electrons. The molecular formula is C11H16ClN3. The molecule has 0 fully saturated rings. The van der Waals surface area contributed by atoms with Gasteiger partial charge in [0, 0.05) is 6.54 Å². The van der Waals surface area contributed by atoms with E-state index in [1.165, 1.54) is 5.57 Å². The van der Waals surface area contributed by atoms with Crippen molar-refractivity contribution in [2.24, 2.45) is 5.92 Å². The number of hydrogen-bond donors (Lipinski definition) is 0. The van der Waals surface area contributed by atoms with Crippen LogP contribution in [0, 0.1) is 5.92 Å². The number of alkyl halides is 1. The highest BCUT2D eigenvalue weighted by atomic mass is 35.5. The molecule has 0 aromatic carbocycles. The van der Waals surface area contributed by atoms with E-state index < -0.39 is 0 Å². The third kappa shape index (κ3) is 2.23. The van der Waals surface area contributed by atoms with Crippen molar-refractivity contribution in [3.05, 3.63) is 18.2 Å². The van der Waals surface area contributed by atoms with Crippen molar-refractivity contribution in [1.29, 1.82) is 0 Å². The van der Waals surface area contributed by atoms with Gasteiger partial charge < -0.3 is 0 Å². The standard InChI is InChI=1S/C11H16ClN3/c1-3-15-11(13-7-14-15)9-4-8(2)5-10(12)6-9/h6-8,10H,3-5H2,1-2H3. The van der Waals surface area contributed by atoms with Crippen molar-refractivity contribution in [2.75, 3.05) is 0 Å². The van der Waals surface area contributed by atoms with Gasteiger partial charge in [0.15, 0.2) is 5.82 Å². The largest absolute Gasteiger partial charge is 0.246 e. The second-order valence-electron chi connectivity index (χ2n) is 4.15. The van der Waals surface area contributed by atoms with Gasteiger partial charge in [-0.05, 0) is 31.3 Å². The molecule has 0 N–H and O–H groups in total. The topological polar surface area (TPSA) is 30.7 Å². The van der Waals surface area contributed by atoms with Gasteiger partial charge in [-0.3, -0.25) is 0 Å². The van der Waals surface area contributed by atoms with Crippen molar-refractivity contribution in [3.63, 3.8) is 0 Å². The zero-order chi connectivity index (χ0) is 10.8. The molecule has 2 unspecified atom stereocenters. The third-order valence-corrected chi connectivity index (χ3v) is 3.08. The molecule has 0 spiro atoms. The van der Waals surface area contributed by atoms with Crippen molar-refractivity contribution >= 4 is 17.2 Å². The summed E-state index contributed by atoms with van der Waals surface area (Å²) in [6.45, 7) is 5.16. The zero-order valence-electron chi connectivity index (χ0n) is 9.15. The van der Waals surface area contributed by atoms with Crippen molar-refractivity contribution in [1.82, 2.24) is 14.8 Å². The number of allylic oxidation sites excluding steroid dienone is 2. The Bertz CT molecular complexity index is 370. The normalized spacial score (nSPS) is 26.5. The van der Waals surface area contributed by atoms with Crippen LogP contribution in [0.2, 0.25) is 0 Å². The lowest BCUT2D eigenvalue weighted by Gasteiger charge is -2.22. The summed E-state index contributed by atoms with van der Waals surface area (Å²) in [5.74, 6) is 1.62. The quantitative estimate of drug-likeness (QED) is 0.725. The summed E-state index contributed by atoms with van der Waals surface area (Å²) < 4.78 is 1.92. The highest BCUT2D eigenvalue weighted by molar-refractivity contribution is 6.22. The predicted molar refractivity (Wildman–Crippen MR) is 61.7 cm³/mol. The highest BCUT2D eigenvalue weighted by Crippen LogP contribution is 2.31. The highest BCUT2D eigenvalue weighted by Gasteiger charge is 2.21. The molecule has 4 heteroatoms. The fourth-order valence-corrected chi connectivity index (χ4v) is 2.56. The van der Waals surface area contributed by atoms with E-state index >= 15 is 0 Å². The molecule has 3 nitrogen and oxygen atoms in total. The number of nitrogens with zero attached hydrogens (tertiary/aromatic N) is 3. The van der Waals surface area contributed by atoms with Crippen molar-refractivity contribution in [2.45, 2.75) is 38.6 Å². The Hall–Kier alpha value is -0.830. The van der Waals surface area contributed by atoms with E-state index in [4.69, 9.17) is 11.6 Å². The van der Waals surface area contributed by atoms with E-state index in [-0.39, 0.29) is 5.38 Å². The number of aromatic nitrogens is 3. The van der Waals surface area contributed by atoms with Crippen LogP contribution in [0.15, 0.2) is 12.4 Å². The zero-order valence-corrected chi connectivity index (χ0v) is 9.91. The van der Waals surface area contributed by atoms with Crippen LogP contribution in [0.25, 0.3) is 5.57 Å². The number of hydrogen-bond acceptors (Lipinski definition) is 2. The minimum Gasteiger partial charge on any atom is -0.246 e. The van der Waals surface area contributed by atoms with Crippen LogP contribution in [0.4, 0.5) is 0 Å². The first-order valence-corrected chi connectivity index (χ1v) is 5.87. The summed E-state index contributed by atoms with van der Waals surface area (Å²) in [7, 11) is 0. The summed E-state index contributed by atoms with van der Waals surface area (Å²) in [5, 5.41) is 4.33. The summed E-state index contributed by atoms with van der Waals surface area (Å²) in [4.78, 5) is 4.30. The Labute approximate surface area is 95.2 Å². The first-order chi connectivity index (χ1) is 7.20. The van der Waals surface area contributed by atoms with Crippen LogP contribution in [0.5, 0.6) is 0 Å². The molecule has 1 aliphatic carbocycles. The predicted octanol–water partition coefficient (Wildman–Crippen LogP) is 2.72. The molecule has 0 bridgehead atoms. The lowest BCUT2D eigenvalue weighted by Crippen LogP contribution is -2.14. The Morgan fingerprint density at radius 1 is 1.60 bits per heavy atom.